The highest BCUT2D eigenvalue weighted by Gasteiger charge is 2.32. The molecule has 3 rings (SSSR count). The van der Waals surface area contributed by atoms with E-state index in [1.807, 2.05) is 32.0 Å². The molecular formula is C19H26N4O2S. The standard InChI is InChI=1S/C19H26N4O2S/c1-4-23(17-9-10-26(24,25)13-17)19-11-18(21-15(3)22-19)20-12-16-8-6-5-7-14(16)2/h5-8,11,17H,4,9-10,12-13H2,1-3H3,(H,20,21,22). The molecule has 1 aliphatic rings. The topological polar surface area (TPSA) is 75.2 Å². The van der Waals surface area contributed by atoms with Crippen LogP contribution in [0.3, 0.4) is 0 Å². The van der Waals surface area contributed by atoms with Crippen molar-refractivity contribution in [1.82, 2.24) is 9.97 Å². The zero-order valence-electron chi connectivity index (χ0n) is 15.6. The Labute approximate surface area is 155 Å². The van der Waals surface area contributed by atoms with Gasteiger partial charge in [-0.1, -0.05) is 24.3 Å². The Bertz CT molecular complexity index is 883. The second-order valence-corrected chi connectivity index (χ2v) is 9.01. The van der Waals surface area contributed by atoms with Gasteiger partial charge in [0.2, 0.25) is 0 Å². The number of hydrogen-bond donors (Lipinski definition) is 1. The fourth-order valence-corrected chi connectivity index (χ4v) is 5.14. The lowest BCUT2D eigenvalue weighted by Crippen LogP contribution is -2.37. The quantitative estimate of drug-likeness (QED) is 0.838. The van der Waals surface area contributed by atoms with Gasteiger partial charge in [0.05, 0.1) is 11.5 Å². The van der Waals surface area contributed by atoms with Gasteiger partial charge >= 0.3 is 0 Å². The molecule has 0 spiro atoms. The van der Waals surface area contributed by atoms with Crippen molar-refractivity contribution in [3.8, 4) is 0 Å². The van der Waals surface area contributed by atoms with E-state index < -0.39 is 9.84 Å². The Hall–Kier alpha value is -2.15. The van der Waals surface area contributed by atoms with E-state index in [1.54, 1.807) is 0 Å². The summed E-state index contributed by atoms with van der Waals surface area (Å²) in [5.41, 5.74) is 2.46. The molecule has 7 heteroatoms. The summed E-state index contributed by atoms with van der Waals surface area (Å²) in [7, 11) is -2.93. The Morgan fingerprint density at radius 3 is 2.65 bits per heavy atom. The van der Waals surface area contributed by atoms with Crippen LogP contribution < -0.4 is 10.2 Å². The van der Waals surface area contributed by atoms with Crippen molar-refractivity contribution in [3.63, 3.8) is 0 Å². The van der Waals surface area contributed by atoms with E-state index in [0.717, 1.165) is 11.6 Å². The van der Waals surface area contributed by atoms with Gasteiger partial charge in [-0.3, -0.25) is 0 Å². The molecule has 1 aliphatic heterocycles. The van der Waals surface area contributed by atoms with Crippen LogP contribution in [0.15, 0.2) is 30.3 Å². The number of sulfone groups is 1. The third kappa shape index (κ3) is 4.33. The molecule has 1 atom stereocenters. The summed E-state index contributed by atoms with van der Waals surface area (Å²) in [4.78, 5) is 11.1. The minimum atomic E-state index is -2.93. The smallest absolute Gasteiger partial charge is 0.152 e. The second kappa shape index (κ2) is 7.61. The molecule has 6 nitrogen and oxygen atoms in total. The van der Waals surface area contributed by atoms with Gasteiger partial charge in [-0.2, -0.15) is 0 Å². The molecule has 0 saturated carbocycles. The first-order valence-electron chi connectivity index (χ1n) is 8.99. The first-order valence-corrected chi connectivity index (χ1v) is 10.8. The largest absolute Gasteiger partial charge is 0.366 e. The van der Waals surface area contributed by atoms with Crippen molar-refractivity contribution < 1.29 is 8.42 Å². The molecule has 26 heavy (non-hydrogen) atoms. The SMILES string of the molecule is CCN(c1cc(NCc2ccccc2C)nc(C)n1)C1CCS(=O)(=O)C1. The van der Waals surface area contributed by atoms with Crippen LogP contribution in [-0.4, -0.2) is 42.5 Å². The Kier molecular flexibility index (Phi) is 5.46. The van der Waals surface area contributed by atoms with Gasteiger partial charge in [-0.05, 0) is 38.3 Å². The number of nitrogens with one attached hydrogen (secondary N) is 1. The van der Waals surface area contributed by atoms with E-state index in [-0.39, 0.29) is 17.5 Å². The lowest BCUT2D eigenvalue weighted by atomic mass is 10.1. The normalized spacial score (nSPS) is 18.7. The van der Waals surface area contributed by atoms with Crippen molar-refractivity contribution in [2.75, 3.05) is 28.3 Å². The van der Waals surface area contributed by atoms with Crippen LogP contribution in [0.1, 0.15) is 30.3 Å². The highest BCUT2D eigenvalue weighted by Crippen LogP contribution is 2.24. The third-order valence-corrected chi connectivity index (χ3v) is 6.58. The van der Waals surface area contributed by atoms with Gasteiger partial charge in [0, 0.05) is 25.2 Å². The molecule has 0 amide bonds. The van der Waals surface area contributed by atoms with E-state index >= 15 is 0 Å². The van der Waals surface area contributed by atoms with Gasteiger partial charge in [-0.15, -0.1) is 0 Å². The first kappa shape index (κ1) is 18.6. The van der Waals surface area contributed by atoms with E-state index in [9.17, 15) is 8.42 Å². The van der Waals surface area contributed by atoms with E-state index in [0.29, 0.717) is 25.3 Å². The molecule has 0 aliphatic carbocycles. The number of aromatic nitrogens is 2. The van der Waals surface area contributed by atoms with Gasteiger partial charge < -0.3 is 10.2 Å². The zero-order chi connectivity index (χ0) is 18.7. The number of aryl methyl sites for hydroxylation is 2. The summed E-state index contributed by atoms with van der Waals surface area (Å²) in [6, 6.07) is 10.1. The highest BCUT2D eigenvalue weighted by molar-refractivity contribution is 7.91. The first-order chi connectivity index (χ1) is 12.4. The molecule has 0 bridgehead atoms. The number of nitrogens with zero attached hydrogens (tertiary/aromatic N) is 3. The van der Waals surface area contributed by atoms with E-state index in [1.165, 1.54) is 11.1 Å². The van der Waals surface area contributed by atoms with Gasteiger partial charge in [0.1, 0.15) is 17.5 Å². The van der Waals surface area contributed by atoms with Crippen LogP contribution in [0.2, 0.25) is 0 Å². The molecule has 2 aromatic rings. The van der Waals surface area contributed by atoms with Crippen LogP contribution >= 0.6 is 0 Å². The van der Waals surface area contributed by atoms with Crippen LogP contribution in [0.5, 0.6) is 0 Å². The average molecular weight is 375 g/mol. The van der Waals surface area contributed by atoms with Crippen LogP contribution in [0.4, 0.5) is 11.6 Å². The Balaban J connectivity index is 1.79. The fraction of sp³-hybridized carbons (Fsp3) is 0.474. The monoisotopic (exact) mass is 374 g/mol. The third-order valence-electron chi connectivity index (χ3n) is 4.83. The summed E-state index contributed by atoms with van der Waals surface area (Å²) in [5, 5.41) is 3.37. The predicted octanol–water partition coefficient (Wildman–Crippen LogP) is 2.72. The molecule has 0 radical (unpaired) electrons. The van der Waals surface area contributed by atoms with Crippen molar-refractivity contribution in [2.45, 2.75) is 39.8 Å². The van der Waals surface area contributed by atoms with Crippen molar-refractivity contribution in [2.24, 2.45) is 0 Å². The zero-order valence-corrected chi connectivity index (χ0v) is 16.4. The lowest BCUT2D eigenvalue weighted by molar-refractivity contribution is 0.599. The maximum absolute atomic E-state index is 11.8. The van der Waals surface area contributed by atoms with E-state index in [2.05, 4.69) is 39.2 Å². The molecule has 1 saturated heterocycles. The minimum Gasteiger partial charge on any atom is -0.366 e. The predicted molar refractivity (Wildman–Crippen MR) is 105 cm³/mol. The molecule has 1 unspecified atom stereocenters. The number of anilines is 2. The summed E-state index contributed by atoms with van der Waals surface area (Å²) in [6.45, 7) is 7.39. The summed E-state index contributed by atoms with van der Waals surface area (Å²) >= 11 is 0. The van der Waals surface area contributed by atoms with Crippen LogP contribution in [0.25, 0.3) is 0 Å². The molecule has 1 aromatic heterocycles. The molecule has 1 aromatic carbocycles. The van der Waals surface area contributed by atoms with Crippen molar-refractivity contribution in [3.05, 3.63) is 47.3 Å². The number of hydrogen-bond acceptors (Lipinski definition) is 6. The van der Waals surface area contributed by atoms with Gasteiger partial charge in [0.25, 0.3) is 0 Å². The molecule has 1 N–H and O–H groups in total. The molecule has 2 heterocycles. The molecule has 140 valence electrons. The fourth-order valence-electron chi connectivity index (χ4n) is 3.41. The highest BCUT2D eigenvalue weighted by atomic mass is 32.2. The molecular weight excluding hydrogens is 348 g/mol. The van der Waals surface area contributed by atoms with Gasteiger partial charge in [-0.25, -0.2) is 18.4 Å². The van der Waals surface area contributed by atoms with Crippen LogP contribution in [0, 0.1) is 13.8 Å². The number of benzene rings is 1. The maximum atomic E-state index is 11.8. The summed E-state index contributed by atoms with van der Waals surface area (Å²) in [5.74, 6) is 2.69. The van der Waals surface area contributed by atoms with E-state index in [4.69, 9.17) is 0 Å². The minimum absolute atomic E-state index is 0.0106. The maximum Gasteiger partial charge on any atom is 0.152 e. The van der Waals surface area contributed by atoms with Crippen LogP contribution in [-0.2, 0) is 16.4 Å². The average Bonchev–Trinajstić information content (AvgIpc) is 2.94. The summed E-state index contributed by atoms with van der Waals surface area (Å²) < 4.78 is 23.7. The second-order valence-electron chi connectivity index (χ2n) is 6.78. The molecule has 1 fully saturated rings. The van der Waals surface area contributed by atoms with Gasteiger partial charge in [0.15, 0.2) is 9.84 Å². The lowest BCUT2D eigenvalue weighted by Gasteiger charge is -2.28. The number of rotatable bonds is 6. The van der Waals surface area contributed by atoms with Crippen molar-refractivity contribution >= 4 is 21.5 Å². The Morgan fingerprint density at radius 1 is 1.23 bits per heavy atom. The Morgan fingerprint density at radius 2 is 2.00 bits per heavy atom. The van der Waals surface area contributed by atoms with Crippen molar-refractivity contribution in [1.29, 1.82) is 0 Å². The summed E-state index contributed by atoms with van der Waals surface area (Å²) in [6.07, 6.45) is 0.658.